The van der Waals surface area contributed by atoms with Crippen LogP contribution >= 0.6 is 0 Å². The van der Waals surface area contributed by atoms with Crippen molar-refractivity contribution in [3.05, 3.63) is 58.2 Å². The van der Waals surface area contributed by atoms with Crippen LogP contribution in [-0.4, -0.2) is 9.97 Å². The number of aromatic nitrogens is 2. The minimum absolute atomic E-state index is 1.02. The van der Waals surface area contributed by atoms with Gasteiger partial charge in [-0.3, -0.25) is 9.97 Å². The molecule has 0 N–H and O–H groups in total. The molecule has 0 unspecified atom stereocenters. The molecule has 2 heteroatoms. The first-order valence-corrected chi connectivity index (χ1v) is 7.98. The second kappa shape index (κ2) is 7.35. The predicted molar refractivity (Wildman–Crippen MR) is 88.7 cm³/mol. The second-order valence-corrected chi connectivity index (χ2v) is 5.80. The van der Waals surface area contributed by atoms with Crippen molar-refractivity contribution in [2.75, 3.05) is 0 Å². The molecule has 0 amide bonds. The Hall–Kier alpha value is -1.70. The molecule has 0 aromatic carbocycles. The lowest BCUT2D eigenvalue weighted by Crippen LogP contribution is -2.00. The molecule has 2 rings (SSSR count). The molecule has 2 nitrogen and oxygen atoms in total. The summed E-state index contributed by atoms with van der Waals surface area (Å²) in [6.45, 7) is 8.71. The van der Waals surface area contributed by atoms with E-state index < -0.39 is 0 Å². The minimum atomic E-state index is 1.02. The van der Waals surface area contributed by atoms with Gasteiger partial charge in [-0.05, 0) is 87.3 Å². The average molecular weight is 282 g/mol. The maximum atomic E-state index is 4.52. The lowest BCUT2D eigenvalue weighted by Gasteiger charge is -2.10. The first-order valence-electron chi connectivity index (χ1n) is 7.98. The van der Waals surface area contributed by atoms with Crippen LogP contribution in [0.3, 0.4) is 0 Å². The molecular formula is C19H26N2. The van der Waals surface area contributed by atoms with E-state index in [-0.39, 0.29) is 0 Å². The van der Waals surface area contributed by atoms with Crippen LogP contribution in [0.5, 0.6) is 0 Å². The number of hydrogen-bond acceptors (Lipinski definition) is 2. The quantitative estimate of drug-likeness (QED) is 0.727. The van der Waals surface area contributed by atoms with Gasteiger partial charge in [-0.15, -0.1) is 0 Å². The first-order chi connectivity index (χ1) is 10.1. The summed E-state index contributed by atoms with van der Waals surface area (Å²) < 4.78 is 0. The van der Waals surface area contributed by atoms with Gasteiger partial charge in [0.05, 0.1) is 0 Å². The molecule has 2 heterocycles. The summed E-state index contributed by atoms with van der Waals surface area (Å²) in [7, 11) is 0. The van der Waals surface area contributed by atoms with Crippen molar-refractivity contribution in [1.29, 1.82) is 0 Å². The van der Waals surface area contributed by atoms with Crippen molar-refractivity contribution in [3.63, 3.8) is 0 Å². The van der Waals surface area contributed by atoms with Gasteiger partial charge in [0.1, 0.15) is 0 Å². The Morgan fingerprint density at radius 2 is 1.48 bits per heavy atom. The molecule has 0 aliphatic heterocycles. The maximum absolute atomic E-state index is 4.52. The Labute approximate surface area is 128 Å². The zero-order valence-electron chi connectivity index (χ0n) is 13.7. The third-order valence-corrected chi connectivity index (χ3v) is 4.44. The molecule has 0 fully saturated rings. The minimum Gasteiger partial charge on any atom is -0.261 e. The lowest BCUT2D eigenvalue weighted by atomic mass is 9.99. The molecule has 0 radical (unpaired) electrons. The molecule has 0 aliphatic carbocycles. The van der Waals surface area contributed by atoms with Crippen molar-refractivity contribution in [3.8, 4) is 0 Å². The van der Waals surface area contributed by atoms with Gasteiger partial charge >= 0.3 is 0 Å². The summed E-state index contributed by atoms with van der Waals surface area (Å²) in [6.07, 6.45) is 9.53. The Morgan fingerprint density at radius 1 is 0.810 bits per heavy atom. The van der Waals surface area contributed by atoms with E-state index in [4.69, 9.17) is 0 Å². The van der Waals surface area contributed by atoms with Gasteiger partial charge in [-0.2, -0.15) is 0 Å². The van der Waals surface area contributed by atoms with Gasteiger partial charge in [0, 0.05) is 23.8 Å². The van der Waals surface area contributed by atoms with Gasteiger partial charge in [0.2, 0.25) is 0 Å². The molecular weight excluding hydrogens is 256 g/mol. The summed E-state index contributed by atoms with van der Waals surface area (Å²) >= 11 is 0. The first kappa shape index (κ1) is 15.7. The van der Waals surface area contributed by atoms with Crippen molar-refractivity contribution in [1.82, 2.24) is 9.97 Å². The Morgan fingerprint density at radius 3 is 2.24 bits per heavy atom. The fourth-order valence-corrected chi connectivity index (χ4v) is 2.80. The summed E-state index contributed by atoms with van der Waals surface area (Å²) in [5, 5.41) is 0. The summed E-state index contributed by atoms with van der Waals surface area (Å²) in [4.78, 5) is 8.96. The van der Waals surface area contributed by atoms with Crippen molar-refractivity contribution >= 4 is 0 Å². The lowest BCUT2D eigenvalue weighted by molar-refractivity contribution is 0.715. The van der Waals surface area contributed by atoms with Gasteiger partial charge in [0.15, 0.2) is 0 Å². The number of pyridine rings is 2. The Kier molecular flexibility index (Phi) is 5.49. The highest BCUT2D eigenvalue weighted by Crippen LogP contribution is 2.16. The number of hydrogen-bond donors (Lipinski definition) is 0. The largest absolute Gasteiger partial charge is 0.261 e. The molecule has 0 saturated heterocycles. The highest BCUT2D eigenvalue weighted by atomic mass is 14.7. The van der Waals surface area contributed by atoms with E-state index in [0.29, 0.717) is 0 Å². The van der Waals surface area contributed by atoms with E-state index in [1.807, 2.05) is 12.4 Å². The number of aryl methyl sites for hydroxylation is 4. The predicted octanol–water partition coefficient (Wildman–Crippen LogP) is 4.53. The fraction of sp³-hybridized carbons (Fsp3) is 0.474. The molecule has 112 valence electrons. The zero-order chi connectivity index (χ0) is 15.2. The van der Waals surface area contributed by atoms with Crippen molar-refractivity contribution in [2.45, 2.75) is 59.8 Å². The highest BCUT2D eigenvalue weighted by molar-refractivity contribution is 5.29. The van der Waals surface area contributed by atoms with E-state index in [0.717, 1.165) is 19.3 Å². The van der Waals surface area contributed by atoms with Gasteiger partial charge in [-0.25, -0.2) is 0 Å². The average Bonchev–Trinajstić information content (AvgIpc) is 2.49. The molecule has 0 atom stereocenters. The SMILES string of the molecule is CCc1nccc(CCCCc2nccc(C)c2C)c1C. The highest BCUT2D eigenvalue weighted by Gasteiger charge is 2.05. The van der Waals surface area contributed by atoms with E-state index in [1.54, 1.807) is 0 Å². The van der Waals surface area contributed by atoms with Crippen molar-refractivity contribution < 1.29 is 0 Å². The zero-order valence-corrected chi connectivity index (χ0v) is 13.7. The summed E-state index contributed by atoms with van der Waals surface area (Å²) in [5.41, 5.74) is 8.03. The standard InChI is InChI=1S/C19H26N2/c1-5-18-16(4)17(11-13-20-18)8-6-7-9-19-15(3)14(2)10-12-21-19/h10-13H,5-9H2,1-4H3. The van der Waals surface area contributed by atoms with E-state index in [1.165, 1.54) is 46.5 Å². The summed E-state index contributed by atoms with van der Waals surface area (Å²) in [5.74, 6) is 0. The second-order valence-electron chi connectivity index (χ2n) is 5.80. The molecule has 0 saturated carbocycles. The molecule has 2 aromatic rings. The molecule has 0 spiro atoms. The van der Waals surface area contributed by atoms with Crippen LogP contribution in [0, 0.1) is 20.8 Å². The van der Waals surface area contributed by atoms with E-state index >= 15 is 0 Å². The summed E-state index contributed by atoms with van der Waals surface area (Å²) in [6, 6.07) is 4.26. The monoisotopic (exact) mass is 282 g/mol. The third kappa shape index (κ3) is 3.90. The number of nitrogens with zero attached hydrogens (tertiary/aromatic N) is 2. The van der Waals surface area contributed by atoms with Gasteiger partial charge < -0.3 is 0 Å². The number of rotatable bonds is 6. The molecule has 0 bridgehead atoms. The van der Waals surface area contributed by atoms with E-state index in [2.05, 4.69) is 49.8 Å². The third-order valence-electron chi connectivity index (χ3n) is 4.44. The van der Waals surface area contributed by atoms with Crippen LogP contribution in [0.25, 0.3) is 0 Å². The van der Waals surface area contributed by atoms with Crippen LogP contribution < -0.4 is 0 Å². The molecule has 0 aliphatic rings. The number of unbranched alkanes of at least 4 members (excludes halogenated alkanes) is 1. The molecule has 2 aromatic heterocycles. The van der Waals surface area contributed by atoms with Gasteiger partial charge in [-0.1, -0.05) is 6.92 Å². The topological polar surface area (TPSA) is 25.8 Å². The van der Waals surface area contributed by atoms with Crippen LogP contribution in [0.1, 0.15) is 53.4 Å². The Balaban J connectivity index is 1.89. The maximum Gasteiger partial charge on any atom is 0.0435 e. The van der Waals surface area contributed by atoms with Crippen LogP contribution in [0.4, 0.5) is 0 Å². The normalized spacial score (nSPS) is 10.9. The molecule has 21 heavy (non-hydrogen) atoms. The van der Waals surface area contributed by atoms with E-state index in [9.17, 15) is 0 Å². The van der Waals surface area contributed by atoms with Gasteiger partial charge in [0.25, 0.3) is 0 Å². The van der Waals surface area contributed by atoms with Crippen LogP contribution in [0.2, 0.25) is 0 Å². The van der Waals surface area contributed by atoms with Crippen LogP contribution in [0.15, 0.2) is 24.5 Å². The smallest absolute Gasteiger partial charge is 0.0435 e. The fourth-order valence-electron chi connectivity index (χ4n) is 2.80. The van der Waals surface area contributed by atoms with Crippen LogP contribution in [-0.2, 0) is 19.3 Å². The van der Waals surface area contributed by atoms with Crippen molar-refractivity contribution in [2.24, 2.45) is 0 Å². The Bertz CT molecular complexity index is 603.